The summed E-state index contributed by atoms with van der Waals surface area (Å²) in [5, 5.41) is 3.20. The second-order valence-electron chi connectivity index (χ2n) is 10.8. The summed E-state index contributed by atoms with van der Waals surface area (Å²) >= 11 is 3.55. The molecule has 0 heterocycles. The van der Waals surface area contributed by atoms with Crippen molar-refractivity contribution in [3.05, 3.63) is 99.8 Å². The summed E-state index contributed by atoms with van der Waals surface area (Å²) < 4.78 is 21.5. The summed E-state index contributed by atoms with van der Waals surface area (Å²) in [6.45, 7) is 3.89. The molecule has 1 aliphatic rings. The molecule has 1 saturated carbocycles. The molecule has 0 spiro atoms. The van der Waals surface area contributed by atoms with E-state index in [9.17, 15) is 14.0 Å². The average molecular weight is 610 g/mol. The smallest absolute Gasteiger partial charge is 0.261 e. The Hall–Kier alpha value is -3.19. The number of halogens is 2. The zero-order valence-corrected chi connectivity index (χ0v) is 24.8. The van der Waals surface area contributed by atoms with Crippen molar-refractivity contribution in [2.24, 2.45) is 0 Å². The maximum atomic E-state index is 14.8. The number of rotatable bonds is 11. The first-order valence-electron chi connectivity index (χ1n) is 14.1. The maximum absolute atomic E-state index is 14.8. The molecule has 0 saturated heterocycles. The highest BCUT2D eigenvalue weighted by atomic mass is 79.9. The van der Waals surface area contributed by atoms with E-state index in [2.05, 4.69) is 35.1 Å². The first-order chi connectivity index (χ1) is 19.3. The van der Waals surface area contributed by atoms with Gasteiger partial charge in [-0.15, -0.1) is 0 Å². The van der Waals surface area contributed by atoms with E-state index >= 15 is 0 Å². The summed E-state index contributed by atoms with van der Waals surface area (Å²) in [6, 6.07) is 21.0. The van der Waals surface area contributed by atoms with Crippen LogP contribution in [-0.4, -0.2) is 35.4 Å². The van der Waals surface area contributed by atoms with E-state index < -0.39 is 11.9 Å². The topological polar surface area (TPSA) is 58.6 Å². The van der Waals surface area contributed by atoms with Gasteiger partial charge in [-0.3, -0.25) is 9.59 Å². The fraction of sp³-hybridized carbons (Fsp3) is 0.394. The SMILES string of the molecule is CC(C)c1ccc(OCC(=O)N(Cc2ccccc2F)[C@H](Cc2ccccc2)C(=O)NC2CCCCC2)c(Br)c1. The predicted molar refractivity (Wildman–Crippen MR) is 160 cm³/mol. The van der Waals surface area contributed by atoms with Gasteiger partial charge in [0.15, 0.2) is 6.61 Å². The van der Waals surface area contributed by atoms with Crippen LogP contribution in [0.3, 0.4) is 0 Å². The van der Waals surface area contributed by atoms with Gasteiger partial charge in [-0.2, -0.15) is 0 Å². The highest BCUT2D eigenvalue weighted by Crippen LogP contribution is 2.29. The largest absolute Gasteiger partial charge is 0.483 e. The zero-order chi connectivity index (χ0) is 28.5. The van der Waals surface area contributed by atoms with Gasteiger partial charge >= 0.3 is 0 Å². The molecule has 7 heteroatoms. The van der Waals surface area contributed by atoms with E-state index in [0.29, 0.717) is 23.7 Å². The molecule has 1 aliphatic carbocycles. The minimum Gasteiger partial charge on any atom is -0.483 e. The Bertz CT molecular complexity index is 1280. The minimum absolute atomic E-state index is 0.0437. The number of carbonyl (C=O) groups excluding carboxylic acids is 2. The van der Waals surface area contributed by atoms with Gasteiger partial charge in [0.1, 0.15) is 17.6 Å². The number of amides is 2. The van der Waals surface area contributed by atoms with Crippen LogP contribution in [0.4, 0.5) is 4.39 Å². The lowest BCUT2D eigenvalue weighted by Gasteiger charge is -2.33. The van der Waals surface area contributed by atoms with Crippen molar-refractivity contribution in [3.63, 3.8) is 0 Å². The Morgan fingerprint density at radius 2 is 1.70 bits per heavy atom. The molecule has 0 aromatic heterocycles. The van der Waals surface area contributed by atoms with Crippen LogP contribution < -0.4 is 10.1 Å². The van der Waals surface area contributed by atoms with Crippen LogP contribution in [0.1, 0.15) is 68.6 Å². The number of hydrogen-bond donors (Lipinski definition) is 1. The molecule has 212 valence electrons. The molecule has 2 amide bonds. The molecular formula is C33H38BrFN2O3. The molecule has 3 aromatic rings. The van der Waals surface area contributed by atoms with E-state index in [0.717, 1.165) is 41.3 Å². The second-order valence-corrected chi connectivity index (χ2v) is 11.6. The lowest BCUT2D eigenvalue weighted by Crippen LogP contribution is -2.53. The van der Waals surface area contributed by atoms with Crippen molar-refractivity contribution in [3.8, 4) is 5.75 Å². The Balaban J connectivity index is 1.62. The summed E-state index contributed by atoms with van der Waals surface area (Å²) in [6.07, 6.45) is 5.48. The van der Waals surface area contributed by atoms with Crippen LogP contribution in [-0.2, 0) is 22.6 Å². The zero-order valence-electron chi connectivity index (χ0n) is 23.2. The van der Waals surface area contributed by atoms with Gasteiger partial charge < -0.3 is 15.0 Å². The molecule has 0 unspecified atom stereocenters. The van der Waals surface area contributed by atoms with Crippen LogP contribution in [0.25, 0.3) is 0 Å². The number of carbonyl (C=O) groups is 2. The van der Waals surface area contributed by atoms with Gasteiger partial charge in [0.2, 0.25) is 5.91 Å². The highest BCUT2D eigenvalue weighted by Gasteiger charge is 2.32. The molecule has 3 aromatic carbocycles. The lowest BCUT2D eigenvalue weighted by molar-refractivity contribution is -0.143. The molecule has 1 fully saturated rings. The van der Waals surface area contributed by atoms with Gasteiger partial charge in [0, 0.05) is 24.6 Å². The fourth-order valence-electron chi connectivity index (χ4n) is 5.12. The third-order valence-electron chi connectivity index (χ3n) is 7.49. The second kappa shape index (κ2) is 14.4. The summed E-state index contributed by atoms with van der Waals surface area (Å²) in [5.41, 5.74) is 2.42. The van der Waals surface area contributed by atoms with Crippen molar-refractivity contribution in [1.29, 1.82) is 0 Å². The van der Waals surface area contributed by atoms with Gasteiger partial charge in [-0.1, -0.05) is 87.7 Å². The third-order valence-corrected chi connectivity index (χ3v) is 8.11. The lowest BCUT2D eigenvalue weighted by atomic mass is 9.94. The first kappa shape index (κ1) is 29.8. The van der Waals surface area contributed by atoms with E-state index in [4.69, 9.17) is 4.74 Å². The van der Waals surface area contributed by atoms with E-state index in [1.165, 1.54) is 17.4 Å². The van der Waals surface area contributed by atoms with Crippen LogP contribution in [0.2, 0.25) is 0 Å². The Labute approximate surface area is 245 Å². The number of nitrogens with zero attached hydrogens (tertiary/aromatic N) is 1. The predicted octanol–water partition coefficient (Wildman–Crippen LogP) is 7.18. The number of nitrogens with one attached hydrogen (secondary N) is 1. The first-order valence-corrected chi connectivity index (χ1v) is 14.9. The highest BCUT2D eigenvalue weighted by molar-refractivity contribution is 9.10. The monoisotopic (exact) mass is 608 g/mol. The molecule has 5 nitrogen and oxygen atoms in total. The third kappa shape index (κ3) is 8.17. The normalized spacial score (nSPS) is 14.5. The Morgan fingerprint density at radius 3 is 2.38 bits per heavy atom. The molecule has 0 radical (unpaired) electrons. The van der Waals surface area contributed by atoms with Crippen molar-refractivity contribution in [1.82, 2.24) is 10.2 Å². The molecule has 40 heavy (non-hydrogen) atoms. The Kier molecular flexibility index (Phi) is 10.8. The van der Waals surface area contributed by atoms with E-state index in [-0.39, 0.29) is 31.0 Å². The number of hydrogen-bond acceptors (Lipinski definition) is 3. The summed E-state index contributed by atoms with van der Waals surface area (Å²) in [7, 11) is 0. The average Bonchev–Trinajstić information content (AvgIpc) is 2.96. The Morgan fingerprint density at radius 1 is 1.00 bits per heavy atom. The summed E-state index contributed by atoms with van der Waals surface area (Å²) in [4.78, 5) is 29.1. The van der Waals surface area contributed by atoms with Crippen molar-refractivity contribution < 1.29 is 18.7 Å². The van der Waals surface area contributed by atoms with E-state index in [1.807, 2.05) is 48.5 Å². The molecule has 4 rings (SSSR count). The molecule has 1 N–H and O–H groups in total. The molecular weight excluding hydrogens is 571 g/mol. The van der Waals surface area contributed by atoms with Crippen LogP contribution in [0.15, 0.2) is 77.3 Å². The van der Waals surface area contributed by atoms with Crippen LogP contribution in [0.5, 0.6) is 5.75 Å². The van der Waals surface area contributed by atoms with Crippen molar-refractivity contribution >= 4 is 27.7 Å². The van der Waals surface area contributed by atoms with Crippen LogP contribution >= 0.6 is 15.9 Å². The fourth-order valence-corrected chi connectivity index (χ4v) is 5.64. The quantitative estimate of drug-likeness (QED) is 0.251. The molecule has 0 bridgehead atoms. The van der Waals surface area contributed by atoms with Crippen molar-refractivity contribution in [2.75, 3.05) is 6.61 Å². The van der Waals surface area contributed by atoms with Gasteiger partial charge in [0.25, 0.3) is 5.91 Å². The molecule has 0 aliphatic heterocycles. The summed E-state index contributed by atoms with van der Waals surface area (Å²) in [5.74, 6) is -0.135. The van der Waals surface area contributed by atoms with Gasteiger partial charge in [-0.25, -0.2) is 4.39 Å². The van der Waals surface area contributed by atoms with E-state index in [1.54, 1.807) is 18.2 Å². The van der Waals surface area contributed by atoms with Gasteiger partial charge in [-0.05, 0) is 64.0 Å². The number of ether oxygens (including phenoxy) is 1. The van der Waals surface area contributed by atoms with Crippen molar-refractivity contribution in [2.45, 2.75) is 76.9 Å². The standard InChI is InChI=1S/C33H38BrFN2O3/c1-23(2)25-17-18-31(28(34)20-25)40-22-32(38)37(21-26-13-9-10-16-29(26)35)30(19-24-11-5-3-6-12-24)33(39)36-27-14-7-4-8-15-27/h3,5-6,9-13,16-18,20,23,27,30H,4,7-8,14-15,19,21-22H2,1-2H3,(H,36,39)/t30-/m1/s1. The minimum atomic E-state index is -0.827. The maximum Gasteiger partial charge on any atom is 0.261 e. The van der Waals surface area contributed by atoms with Gasteiger partial charge in [0.05, 0.1) is 4.47 Å². The molecule has 1 atom stereocenters. The number of benzene rings is 3. The van der Waals surface area contributed by atoms with Crippen LogP contribution in [0, 0.1) is 5.82 Å².